The zero-order valence-electron chi connectivity index (χ0n) is 19.1. The van der Waals surface area contributed by atoms with Gasteiger partial charge in [0.2, 0.25) is 0 Å². The van der Waals surface area contributed by atoms with Crippen molar-refractivity contribution in [1.82, 2.24) is 9.78 Å². The van der Waals surface area contributed by atoms with Gasteiger partial charge in [-0.25, -0.2) is 4.68 Å². The Morgan fingerprint density at radius 1 is 1.00 bits per heavy atom. The summed E-state index contributed by atoms with van der Waals surface area (Å²) in [6.45, 7) is 6.31. The van der Waals surface area contributed by atoms with Crippen molar-refractivity contribution in [2.45, 2.75) is 33.1 Å². The first-order valence-corrected chi connectivity index (χ1v) is 11.9. The van der Waals surface area contributed by atoms with E-state index < -0.39 is 0 Å². The highest BCUT2D eigenvalue weighted by Gasteiger charge is 2.24. The average molecular weight is 503 g/mol. The quantitative estimate of drug-likeness (QED) is 0.260. The van der Waals surface area contributed by atoms with Crippen LogP contribution in [0, 0.1) is 13.8 Å². The molecule has 5 heteroatoms. The molecule has 0 bridgehead atoms. The Balaban J connectivity index is 1.58. The summed E-state index contributed by atoms with van der Waals surface area (Å²) in [4.78, 5) is 12.7. The minimum absolute atomic E-state index is 0.215. The number of nitrogens with zero attached hydrogens (tertiary/aromatic N) is 2. The number of aromatic nitrogens is 2. The monoisotopic (exact) mass is 502 g/mol. The van der Waals surface area contributed by atoms with Gasteiger partial charge >= 0.3 is 5.97 Å². The van der Waals surface area contributed by atoms with Crippen LogP contribution in [0.5, 0.6) is 0 Å². The third-order valence-electron chi connectivity index (χ3n) is 5.69. The van der Waals surface area contributed by atoms with Gasteiger partial charge in [-0.05, 0) is 73.4 Å². The van der Waals surface area contributed by atoms with Crippen LogP contribution in [0.2, 0.25) is 0 Å². The molecule has 168 valence electrons. The zero-order chi connectivity index (χ0) is 23.4. The second-order valence-electron chi connectivity index (χ2n) is 8.18. The molecular formula is C28H27BrN2O2. The third-order valence-corrected chi connectivity index (χ3v) is 6.22. The van der Waals surface area contributed by atoms with Crippen LogP contribution < -0.4 is 0 Å². The summed E-state index contributed by atoms with van der Waals surface area (Å²) < 4.78 is 8.32. The van der Waals surface area contributed by atoms with Gasteiger partial charge in [-0.2, -0.15) is 5.10 Å². The lowest BCUT2D eigenvalue weighted by molar-refractivity contribution is -0.145. The van der Waals surface area contributed by atoms with Gasteiger partial charge in [0, 0.05) is 17.1 Å². The van der Waals surface area contributed by atoms with Crippen LogP contribution >= 0.6 is 15.9 Å². The van der Waals surface area contributed by atoms with Crippen molar-refractivity contribution < 1.29 is 9.53 Å². The molecule has 0 spiro atoms. The lowest BCUT2D eigenvalue weighted by atomic mass is 9.93. The summed E-state index contributed by atoms with van der Waals surface area (Å²) in [7, 11) is 0. The maximum absolute atomic E-state index is 12.7. The van der Waals surface area contributed by atoms with Crippen molar-refractivity contribution in [3.63, 3.8) is 0 Å². The molecule has 0 fully saturated rings. The Hall–Kier alpha value is -3.18. The molecule has 1 unspecified atom stereocenters. The summed E-state index contributed by atoms with van der Waals surface area (Å²) in [5.41, 5.74) is 7.41. The molecular weight excluding hydrogens is 476 g/mol. The normalized spacial score (nSPS) is 11.9. The zero-order valence-corrected chi connectivity index (χ0v) is 20.7. The number of carbonyl (C=O) groups is 1. The van der Waals surface area contributed by atoms with Gasteiger partial charge in [-0.1, -0.05) is 64.0 Å². The van der Waals surface area contributed by atoms with E-state index in [-0.39, 0.29) is 11.9 Å². The Morgan fingerprint density at radius 3 is 2.45 bits per heavy atom. The summed E-state index contributed by atoms with van der Waals surface area (Å²) in [5, 5.41) is 4.79. The van der Waals surface area contributed by atoms with Gasteiger partial charge in [0.05, 0.1) is 23.9 Å². The summed E-state index contributed by atoms with van der Waals surface area (Å²) >= 11 is 3.49. The number of benzene rings is 3. The fraction of sp³-hybridized carbons (Fsp3) is 0.214. The molecule has 1 heterocycles. The standard InChI is InChI=1S/C28H27BrN2O2/c1-4-33-28(32)26(23-7-5-6-19(2)16-23)18-25-14-15-31(30-25)27-13-10-22(17-20(27)3)21-8-11-24(29)12-9-21/h5-17,26H,4,18H2,1-3H3. The first kappa shape index (κ1) is 23.0. The Morgan fingerprint density at radius 2 is 1.76 bits per heavy atom. The van der Waals surface area contributed by atoms with E-state index in [9.17, 15) is 4.79 Å². The minimum atomic E-state index is -0.380. The number of hydrogen-bond acceptors (Lipinski definition) is 3. The van der Waals surface area contributed by atoms with Gasteiger partial charge < -0.3 is 4.74 Å². The summed E-state index contributed by atoms with van der Waals surface area (Å²) in [6.07, 6.45) is 2.45. The van der Waals surface area contributed by atoms with E-state index in [4.69, 9.17) is 9.84 Å². The van der Waals surface area contributed by atoms with E-state index in [0.29, 0.717) is 13.0 Å². The molecule has 0 radical (unpaired) electrons. The molecule has 1 aromatic heterocycles. The fourth-order valence-corrected chi connectivity index (χ4v) is 4.28. The lowest BCUT2D eigenvalue weighted by Gasteiger charge is -2.15. The molecule has 0 aliphatic rings. The first-order chi connectivity index (χ1) is 15.9. The molecule has 0 N–H and O–H groups in total. The fourth-order valence-electron chi connectivity index (χ4n) is 4.02. The Bertz CT molecular complexity index is 1260. The maximum Gasteiger partial charge on any atom is 0.313 e. The van der Waals surface area contributed by atoms with Crippen LogP contribution in [0.25, 0.3) is 16.8 Å². The van der Waals surface area contributed by atoms with E-state index in [2.05, 4.69) is 53.2 Å². The number of esters is 1. The van der Waals surface area contributed by atoms with E-state index in [1.54, 1.807) is 0 Å². The van der Waals surface area contributed by atoms with Crippen molar-refractivity contribution in [2.75, 3.05) is 6.61 Å². The second-order valence-corrected chi connectivity index (χ2v) is 9.10. The highest BCUT2D eigenvalue weighted by Crippen LogP contribution is 2.27. The smallest absolute Gasteiger partial charge is 0.313 e. The number of ether oxygens (including phenoxy) is 1. The van der Waals surface area contributed by atoms with Gasteiger partial charge in [0.15, 0.2) is 0 Å². The Kier molecular flexibility index (Phi) is 7.09. The predicted molar refractivity (Wildman–Crippen MR) is 136 cm³/mol. The van der Waals surface area contributed by atoms with Gasteiger partial charge in [0.25, 0.3) is 0 Å². The summed E-state index contributed by atoms with van der Waals surface area (Å²) in [6, 6.07) is 24.7. The SMILES string of the molecule is CCOC(=O)C(Cc1ccn(-c2ccc(-c3ccc(Br)cc3)cc2C)n1)c1cccc(C)c1. The van der Waals surface area contributed by atoms with E-state index in [1.807, 2.05) is 67.2 Å². The van der Waals surface area contributed by atoms with Crippen molar-refractivity contribution in [3.8, 4) is 16.8 Å². The molecule has 4 aromatic rings. The average Bonchev–Trinajstić information content (AvgIpc) is 3.26. The van der Waals surface area contributed by atoms with Gasteiger partial charge in [-0.3, -0.25) is 4.79 Å². The molecule has 4 nitrogen and oxygen atoms in total. The first-order valence-electron chi connectivity index (χ1n) is 11.1. The van der Waals surface area contributed by atoms with Crippen LogP contribution in [-0.4, -0.2) is 22.4 Å². The molecule has 0 saturated carbocycles. The van der Waals surface area contributed by atoms with Crippen LogP contribution in [0.4, 0.5) is 0 Å². The van der Waals surface area contributed by atoms with Crippen molar-refractivity contribution in [1.29, 1.82) is 0 Å². The largest absolute Gasteiger partial charge is 0.466 e. The van der Waals surface area contributed by atoms with E-state index in [1.165, 1.54) is 5.56 Å². The summed E-state index contributed by atoms with van der Waals surface area (Å²) in [5.74, 6) is -0.596. The van der Waals surface area contributed by atoms with Crippen LogP contribution in [0.3, 0.4) is 0 Å². The van der Waals surface area contributed by atoms with Crippen molar-refractivity contribution in [3.05, 3.63) is 106 Å². The molecule has 0 aliphatic carbocycles. The number of aryl methyl sites for hydroxylation is 2. The predicted octanol–water partition coefficient (Wildman–Crippen LogP) is 6.81. The van der Waals surface area contributed by atoms with E-state index >= 15 is 0 Å². The molecule has 4 rings (SSSR count). The van der Waals surface area contributed by atoms with Crippen LogP contribution in [0.15, 0.2) is 83.5 Å². The molecule has 0 amide bonds. The van der Waals surface area contributed by atoms with Crippen molar-refractivity contribution in [2.24, 2.45) is 0 Å². The number of halogens is 1. The third kappa shape index (κ3) is 5.42. The molecule has 3 aromatic carbocycles. The van der Waals surface area contributed by atoms with Crippen molar-refractivity contribution >= 4 is 21.9 Å². The minimum Gasteiger partial charge on any atom is -0.466 e. The second kappa shape index (κ2) is 10.2. The number of hydrogen-bond donors (Lipinski definition) is 0. The topological polar surface area (TPSA) is 44.1 Å². The maximum atomic E-state index is 12.7. The van der Waals surface area contributed by atoms with Crippen LogP contribution in [0.1, 0.15) is 35.2 Å². The van der Waals surface area contributed by atoms with Crippen LogP contribution in [-0.2, 0) is 16.0 Å². The highest BCUT2D eigenvalue weighted by molar-refractivity contribution is 9.10. The van der Waals surface area contributed by atoms with Gasteiger partial charge in [-0.15, -0.1) is 0 Å². The van der Waals surface area contributed by atoms with Gasteiger partial charge in [0.1, 0.15) is 0 Å². The van der Waals surface area contributed by atoms with E-state index in [0.717, 1.165) is 38.1 Å². The molecule has 33 heavy (non-hydrogen) atoms. The number of carbonyl (C=O) groups excluding carboxylic acids is 1. The molecule has 1 atom stereocenters. The molecule has 0 saturated heterocycles. The highest BCUT2D eigenvalue weighted by atomic mass is 79.9. The number of rotatable bonds is 7. The Labute approximate surface area is 203 Å². The molecule has 0 aliphatic heterocycles. The lowest BCUT2D eigenvalue weighted by Crippen LogP contribution is -2.19.